The number of β-lactam (4-membered cyclic amide) rings is 1. The van der Waals surface area contributed by atoms with E-state index < -0.39 is 41.1 Å². The molecule has 3 atom stereocenters. The Morgan fingerprint density at radius 1 is 0.927 bits per heavy atom. The summed E-state index contributed by atoms with van der Waals surface area (Å²) < 4.78 is 10.8. The average molecular weight is 550 g/mol. The topological polar surface area (TPSA) is 119 Å². The third kappa shape index (κ3) is 4.65. The lowest BCUT2D eigenvalue weighted by atomic mass is 9.89. The fraction of sp³-hybridized carbons (Fsp3) is 0.129. The van der Waals surface area contributed by atoms with E-state index in [0.29, 0.717) is 10.9 Å². The van der Waals surface area contributed by atoms with Gasteiger partial charge in [0.25, 0.3) is 5.69 Å². The minimum atomic E-state index is -1.08. The van der Waals surface area contributed by atoms with Crippen LogP contribution in [0.4, 0.5) is 15.3 Å². The first-order valence-corrected chi connectivity index (χ1v) is 12.9. The second-order valence-corrected chi connectivity index (χ2v) is 9.58. The number of benzene rings is 4. The van der Waals surface area contributed by atoms with Crippen LogP contribution in [0, 0.1) is 16.0 Å². The highest BCUT2D eigenvalue weighted by Crippen LogP contribution is 2.41. The maximum atomic E-state index is 13.5. The number of cyclic esters (lactones) is 1. The van der Waals surface area contributed by atoms with Crippen molar-refractivity contribution in [2.75, 3.05) is 6.61 Å². The molecule has 41 heavy (non-hydrogen) atoms. The average Bonchev–Trinajstić information content (AvgIpc) is 3.36. The smallest absolute Gasteiger partial charge is 0.423 e. The van der Waals surface area contributed by atoms with Gasteiger partial charge in [0.15, 0.2) is 0 Å². The Hall–Kier alpha value is -5.51. The standard InChI is InChI=1S/C31H23N3O7/c35-29-25(17-16-24-23-14-8-7-9-20(23)15-18-26(24)34(38)39)28(33(29)31(37)41-22-12-5-2-6-13-22)32-27(19-40-30(32)36)21-10-3-1-4-11-21/h1-18,25,27-28H,19H2/t25-,27?,28-/m1/s1. The van der Waals surface area contributed by atoms with Gasteiger partial charge < -0.3 is 9.47 Å². The number of ether oxygens (including phenoxy) is 2. The minimum absolute atomic E-state index is 0.0281. The predicted molar refractivity (Wildman–Crippen MR) is 149 cm³/mol. The van der Waals surface area contributed by atoms with E-state index in [0.717, 1.165) is 15.8 Å². The summed E-state index contributed by atoms with van der Waals surface area (Å²) >= 11 is 0. The van der Waals surface area contributed by atoms with Gasteiger partial charge in [-0.1, -0.05) is 84.9 Å². The van der Waals surface area contributed by atoms with Crippen molar-refractivity contribution >= 4 is 40.6 Å². The predicted octanol–water partition coefficient (Wildman–Crippen LogP) is 5.94. The van der Waals surface area contributed by atoms with Gasteiger partial charge in [0.2, 0.25) is 5.91 Å². The number of nitro groups is 1. The van der Waals surface area contributed by atoms with Crippen LogP contribution in [0.15, 0.2) is 103 Å². The Balaban J connectivity index is 1.40. The number of nitro benzene ring substituents is 1. The van der Waals surface area contributed by atoms with Gasteiger partial charge in [0.1, 0.15) is 18.5 Å². The SMILES string of the molecule is O=C(Oc1ccccc1)N1C(=O)[C@H](C=Cc2c([N+](=O)[O-])ccc3ccccc23)[C@@H]1N1C(=O)OCC1c1ccccc1. The summed E-state index contributed by atoms with van der Waals surface area (Å²) in [5.41, 5.74) is 0.946. The number of amides is 3. The molecule has 3 amide bonds. The van der Waals surface area contributed by atoms with E-state index in [9.17, 15) is 24.5 Å². The Labute approximate surface area is 234 Å². The molecule has 10 nitrogen and oxygen atoms in total. The molecule has 2 aliphatic heterocycles. The van der Waals surface area contributed by atoms with Crippen molar-refractivity contribution in [2.45, 2.75) is 12.2 Å². The first-order chi connectivity index (χ1) is 19.9. The molecule has 2 aliphatic rings. The molecule has 0 saturated carbocycles. The Bertz CT molecular complexity index is 1690. The van der Waals surface area contributed by atoms with Gasteiger partial charge in [-0.2, -0.15) is 0 Å². The van der Waals surface area contributed by atoms with Crippen LogP contribution in [0.1, 0.15) is 17.2 Å². The normalized spacial score (nSPS) is 20.2. The quantitative estimate of drug-likeness (QED) is 0.166. The van der Waals surface area contributed by atoms with Crippen molar-refractivity contribution in [2.24, 2.45) is 5.92 Å². The number of nitrogens with zero attached hydrogens (tertiary/aromatic N) is 3. The molecule has 2 heterocycles. The molecule has 1 unspecified atom stereocenters. The van der Waals surface area contributed by atoms with Crippen LogP contribution in [-0.2, 0) is 9.53 Å². The molecule has 0 aromatic heterocycles. The summed E-state index contributed by atoms with van der Waals surface area (Å²) in [4.78, 5) is 53.4. The molecule has 0 radical (unpaired) electrons. The van der Waals surface area contributed by atoms with Crippen LogP contribution in [-0.4, -0.2) is 45.6 Å². The number of carbonyl (C=O) groups excluding carboxylic acids is 3. The monoisotopic (exact) mass is 549 g/mol. The molecular weight excluding hydrogens is 526 g/mol. The summed E-state index contributed by atoms with van der Waals surface area (Å²) in [6, 6.07) is 27.1. The molecule has 0 aliphatic carbocycles. The van der Waals surface area contributed by atoms with Crippen molar-refractivity contribution in [1.82, 2.24) is 9.80 Å². The number of carbonyl (C=O) groups is 3. The largest absolute Gasteiger partial charge is 0.447 e. The summed E-state index contributed by atoms with van der Waals surface area (Å²) in [6.45, 7) is 0.0281. The van der Waals surface area contributed by atoms with Gasteiger partial charge in [0.05, 0.1) is 22.4 Å². The molecule has 0 spiro atoms. The van der Waals surface area contributed by atoms with Gasteiger partial charge in [0, 0.05) is 6.07 Å². The maximum absolute atomic E-state index is 13.5. The number of imide groups is 1. The van der Waals surface area contributed by atoms with Crippen molar-refractivity contribution in [1.29, 1.82) is 0 Å². The number of hydrogen-bond donors (Lipinski definition) is 0. The van der Waals surface area contributed by atoms with Crippen LogP contribution in [0.2, 0.25) is 0 Å². The summed E-state index contributed by atoms with van der Waals surface area (Å²) in [5.74, 6) is -1.37. The van der Waals surface area contributed by atoms with Crippen molar-refractivity contribution in [3.8, 4) is 5.75 Å². The summed E-state index contributed by atoms with van der Waals surface area (Å²) in [7, 11) is 0. The lowest BCUT2D eigenvalue weighted by Crippen LogP contribution is -2.69. The van der Waals surface area contributed by atoms with Gasteiger partial charge in [-0.15, -0.1) is 0 Å². The van der Waals surface area contributed by atoms with E-state index in [2.05, 4.69) is 0 Å². The van der Waals surface area contributed by atoms with E-state index in [1.165, 1.54) is 23.1 Å². The van der Waals surface area contributed by atoms with Crippen molar-refractivity contribution in [3.05, 3.63) is 124 Å². The molecule has 0 bridgehead atoms. The third-order valence-electron chi connectivity index (χ3n) is 7.25. The highest BCUT2D eigenvalue weighted by Gasteiger charge is 2.58. The lowest BCUT2D eigenvalue weighted by Gasteiger charge is -2.48. The number of fused-ring (bicyclic) bond motifs is 1. The second-order valence-electron chi connectivity index (χ2n) is 9.58. The van der Waals surface area contributed by atoms with Crippen LogP contribution in [0.5, 0.6) is 5.75 Å². The van der Waals surface area contributed by atoms with Crippen LogP contribution >= 0.6 is 0 Å². The molecule has 2 saturated heterocycles. The van der Waals surface area contributed by atoms with E-state index in [1.54, 1.807) is 48.5 Å². The molecule has 4 aromatic carbocycles. The molecule has 0 N–H and O–H groups in total. The van der Waals surface area contributed by atoms with Gasteiger partial charge in [-0.3, -0.25) is 19.8 Å². The van der Waals surface area contributed by atoms with E-state index in [1.807, 2.05) is 42.5 Å². The number of hydrogen-bond acceptors (Lipinski definition) is 7. The van der Waals surface area contributed by atoms with Crippen LogP contribution in [0.3, 0.4) is 0 Å². The molecular formula is C31H23N3O7. The number of rotatable bonds is 6. The van der Waals surface area contributed by atoms with Gasteiger partial charge in [-0.05, 0) is 34.5 Å². The van der Waals surface area contributed by atoms with Gasteiger partial charge >= 0.3 is 12.2 Å². The fourth-order valence-corrected chi connectivity index (χ4v) is 5.29. The van der Waals surface area contributed by atoms with E-state index in [4.69, 9.17) is 9.47 Å². The first kappa shape index (κ1) is 25.8. The van der Waals surface area contributed by atoms with Crippen molar-refractivity contribution in [3.63, 3.8) is 0 Å². The zero-order valence-electron chi connectivity index (χ0n) is 21.5. The third-order valence-corrected chi connectivity index (χ3v) is 7.25. The summed E-state index contributed by atoms with van der Waals surface area (Å²) in [6.07, 6.45) is 0.294. The van der Waals surface area contributed by atoms with Gasteiger partial charge in [-0.25, -0.2) is 14.5 Å². The fourth-order valence-electron chi connectivity index (χ4n) is 5.29. The zero-order chi connectivity index (χ0) is 28.5. The van der Waals surface area contributed by atoms with E-state index in [-0.39, 0.29) is 18.0 Å². The number of likely N-dealkylation sites (tertiary alicyclic amines) is 1. The van der Waals surface area contributed by atoms with Crippen molar-refractivity contribution < 1.29 is 28.8 Å². The Morgan fingerprint density at radius 3 is 2.34 bits per heavy atom. The molecule has 4 aromatic rings. The molecule has 204 valence electrons. The van der Waals surface area contributed by atoms with Crippen LogP contribution in [0.25, 0.3) is 16.8 Å². The summed E-state index contributed by atoms with van der Waals surface area (Å²) in [5, 5.41) is 13.3. The molecule has 6 rings (SSSR count). The zero-order valence-corrected chi connectivity index (χ0v) is 21.5. The lowest BCUT2D eigenvalue weighted by molar-refractivity contribution is -0.384. The van der Waals surface area contributed by atoms with E-state index >= 15 is 0 Å². The highest BCUT2D eigenvalue weighted by molar-refractivity contribution is 6.02. The molecule has 10 heteroatoms. The Kier molecular flexibility index (Phi) is 6.64. The molecule has 2 fully saturated rings. The minimum Gasteiger partial charge on any atom is -0.447 e. The Morgan fingerprint density at radius 2 is 1.61 bits per heavy atom. The second kappa shape index (κ2) is 10.6. The first-order valence-electron chi connectivity index (χ1n) is 12.9. The maximum Gasteiger partial charge on any atom is 0.423 e. The van der Waals surface area contributed by atoms with Crippen LogP contribution < -0.4 is 4.74 Å². The number of para-hydroxylation sites is 1. The highest BCUT2D eigenvalue weighted by atomic mass is 16.6.